The predicted molar refractivity (Wildman–Crippen MR) is 92.9 cm³/mol. The number of carbonyl (C=O) groups is 3. The molecule has 0 atom stereocenters. The summed E-state index contributed by atoms with van der Waals surface area (Å²) in [7, 11) is 2.35. The van der Waals surface area contributed by atoms with E-state index in [-0.39, 0.29) is 22.5 Å². The number of halogens is 1. The van der Waals surface area contributed by atoms with Gasteiger partial charge in [-0.2, -0.15) is 0 Å². The van der Waals surface area contributed by atoms with Gasteiger partial charge in [-0.05, 0) is 30.4 Å². The van der Waals surface area contributed by atoms with Crippen molar-refractivity contribution < 1.29 is 29.0 Å². The van der Waals surface area contributed by atoms with Crippen LogP contribution in [0, 0.1) is 0 Å². The summed E-state index contributed by atoms with van der Waals surface area (Å²) in [6.07, 6.45) is 5.96. The number of rotatable bonds is 4. The standard InChI is InChI=1S/C17H14BrNO6/c1-24-16(22)12-5-3-4-8-19(14(12)17(23)25-2)13-9-10(18)6-7-11(13)15(20)21/h3-9H,1-2H3,(H,20,21). The van der Waals surface area contributed by atoms with E-state index in [4.69, 9.17) is 9.47 Å². The molecular weight excluding hydrogens is 394 g/mol. The van der Waals surface area contributed by atoms with Gasteiger partial charge in [0.1, 0.15) is 5.70 Å². The van der Waals surface area contributed by atoms with Gasteiger partial charge in [0.05, 0.1) is 31.0 Å². The van der Waals surface area contributed by atoms with Gasteiger partial charge in [0, 0.05) is 10.7 Å². The van der Waals surface area contributed by atoms with E-state index >= 15 is 0 Å². The Hall–Kier alpha value is -2.87. The smallest absolute Gasteiger partial charge is 0.355 e. The molecule has 1 aromatic carbocycles. The first kappa shape index (κ1) is 18.5. The van der Waals surface area contributed by atoms with Crippen molar-refractivity contribution in [2.75, 3.05) is 19.1 Å². The molecule has 1 heterocycles. The molecule has 130 valence electrons. The van der Waals surface area contributed by atoms with Gasteiger partial charge in [0.2, 0.25) is 0 Å². The number of ether oxygens (including phenoxy) is 2. The van der Waals surface area contributed by atoms with Crippen molar-refractivity contribution in [3.8, 4) is 0 Å². The van der Waals surface area contributed by atoms with Gasteiger partial charge in [-0.25, -0.2) is 14.4 Å². The molecule has 0 amide bonds. The lowest BCUT2D eigenvalue weighted by molar-refractivity contribution is -0.139. The third kappa shape index (κ3) is 3.80. The Bertz CT molecular complexity index is 824. The van der Waals surface area contributed by atoms with Crippen LogP contribution in [0.5, 0.6) is 0 Å². The highest BCUT2D eigenvalue weighted by Gasteiger charge is 2.29. The summed E-state index contributed by atoms with van der Waals surface area (Å²) >= 11 is 3.28. The van der Waals surface area contributed by atoms with E-state index in [0.29, 0.717) is 4.47 Å². The van der Waals surface area contributed by atoms with Crippen LogP contribution >= 0.6 is 15.9 Å². The Morgan fingerprint density at radius 3 is 2.36 bits per heavy atom. The second-order valence-electron chi connectivity index (χ2n) is 4.78. The summed E-state index contributed by atoms with van der Waals surface area (Å²) in [6.45, 7) is 0. The van der Waals surface area contributed by atoms with Crippen molar-refractivity contribution in [3.05, 3.63) is 63.9 Å². The number of carboxylic acid groups (broad SMARTS) is 1. The number of hydrogen-bond donors (Lipinski definition) is 1. The van der Waals surface area contributed by atoms with Crippen LogP contribution in [0.2, 0.25) is 0 Å². The highest BCUT2D eigenvalue weighted by molar-refractivity contribution is 9.10. The highest BCUT2D eigenvalue weighted by atomic mass is 79.9. The van der Waals surface area contributed by atoms with Gasteiger partial charge < -0.3 is 19.5 Å². The molecule has 1 aromatic rings. The van der Waals surface area contributed by atoms with Gasteiger partial charge >= 0.3 is 17.9 Å². The Morgan fingerprint density at radius 1 is 1.08 bits per heavy atom. The second kappa shape index (κ2) is 7.80. The molecule has 0 spiro atoms. The summed E-state index contributed by atoms with van der Waals surface area (Å²) < 4.78 is 10.1. The molecule has 0 radical (unpaired) electrons. The normalized spacial score (nSPS) is 13.5. The van der Waals surface area contributed by atoms with Crippen molar-refractivity contribution in [2.45, 2.75) is 0 Å². The molecule has 0 unspecified atom stereocenters. The monoisotopic (exact) mass is 407 g/mol. The SMILES string of the molecule is COC(=O)C1=C(C(=O)OC)N(c2cc(Br)ccc2C(=O)O)C=CC=C1. The zero-order valence-electron chi connectivity index (χ0n) is 13.4. The van der Waals surface area contributed by atoms with Gasteiger partial charge in [0.25, 0.3) is 0 Å². The minimum atomic E-state index is -1.18. The molecule has 0 saturated heterocycles. The van der Waals surface area contributed by atoms with Gasteiger partial charge in [-0.1, -0.05) is 22.0 Å². The fourth-order valence-corrected chi connectivity index (χ4v) is 2.59. The molecule has 0 saturated carbocycles. The molecular formula is C17H14BrNO6. The second-order valence-corrected chi connectivity index (χ2v) is 5.70. The molecule has 7 nitrogen and oxygen atoms in total. The molecule has 1 N–H and O–H groups in total. The Balaban J connectivity index is 2.78. The van der Waals surface area contributed by atoms with Crippen molar-refractivity contribution in [3.63, 3.8) is 0 Å². The summed E-state index contributed by atoms with van der Waals surface area (Å²) in [5, 5.41) is 9.46. The quantitative estimate of drug-likeness (QED) is 0.766. The number of methoxy groups -OCH3 is 2. The van der Waals surface area contributed by atoms with Crippen molar-refractivity contribution in [2.24, 2.45) is 0 Å². The lowest BCUT2D eigenvalue weighted by Gasteiger charge is -2.24. The molecule has 1 aliphatic rings. The number of allylic oxidation sites excluding steroid dienone is 2. The third-order valence-electron chi connectivity index (χ3n) is 3.34. The van der Waals surface area contributed by atoms with E-state index in [1.807, 2.05) is 0 Å². The Morgan fingerprint density at radius 2 is 1.76 bits per heavy atom. The number of nitrogens with zero attached hydrogens (tertiary/aromatic N) is 1. The van der Waals surface area contributed by atoms with Crippen molar-refractivity contribution in [1.82, 2.24) is 0 Å². The first-order valence-electron chi connectivity index (χ1n) is 6.98. The van der Waals surface area contributed by atoms with Crippen LogP contribution in [0.25, 0.3) is 0 Å². The number of aromatic carboxylic acids is 1. The molecule has 25 heavy (non-hydrogen) atoms. The largest absolute Gasteiger partial charge is 0.478 e. The first-order valence-corrected chi connectivity index (χ1v) is 7.77. The number of carboxylic acids is 1. The number of hydrogen-bond acceptors (Lipinski definition) is 6. The van der Waals surface area contributed by atoms with Gasteiger partial charge in [-0.15, -0.1) is 0 Å². The van der Waals surface area contributed by atoms with Crippen LogP contribution in [-0.4, -0.2) is 37.2 Å². The topological polar surface area (TPSA) is 93.1 Å². The molecule has 1 aliphatic heterocycles. The number of esters is 2. The lowest BCUT2D eigenvalue weighted by Crippen LogP contribution is -2.28. The highest BCUT2D eigenvalue weighted by Crippen LogP contribution is 2.31. The van der Waals surface area contributed by atoms with E-state index in [0.717, 1.165) is 0 Å². The average molecular weight is 408 g/mol. The minimum absolute atomic E-state index is 0.0552. The summed E-state index contributed by atoms with van der Waals surface area (Å²) in [6, 6.07) is 4.48. The predicted octanol–water partition coefficient (Wildman–Crippen LogP) is 2.64. The number of anilines is 1. The fourth-order valence-electron chi connectivity index (χ4n) is 2.24. The summed E-state index contributed by atoms with van der Waals surface area (Å²) in [5.74, 6) is -2.75. The van der Waals surface area contributed by atoms with E-state index in [2.05, 4.69) is 15.9 Å². The van der Waals surface area contributed by atoms with Crippen LogP contribution in [0.15, 0.2) is 58.4 Å². The van der Waals surface area contributed by atoms with Crippen molar-refractivity contribution >= 4 is 39.5 Å². The molecule has 0 bridgehead atoms. The zero-order chi connectivity index (χ0) is 18.6. The molecule has 0 fully saturated rings. The fraction of sp³-hybridized carbons (Fsp3) is 0.118. The maximum absolute atomic E-state index is 12.3. The van der Waals surface area contributed by atoms with E-state index in [9.17, 15) is 19.5 Å². The van der Waals surface area contributed by atoms with E-state index in [1.165, 1.54) is 49.6 Å². The lowest BCUT2D eigenvalue weighted by atomic mass is 10.1. The average Bonchev–Trinajstić information content (AvgIpc) is 2.82. The molecule has 0 aromatic heterocycles. The third-order valence-corrected chi connectivity index (χ3v) is 3.83. The molecule has 2 rings (SSSR count). The van der Waals surface area contributed by atoms with Crippen molar-refractivity contribution in [1.29, 1.82) is 0 Å². The van der Waals surface area contributed by atoms with Crippen LogP contribution in [-0.2, 0) is 19.1 Å². The summed E-state index contributed by atoms with van der Waals surface area (Å²) in [5.41, 5.74) is -0.0837. The maximum Gasteiger partial charge on any atom is 0.355 e. The van der Waals surface area contributed by atoms with E-state index in [1.54, 1.807) is 12.1 Å². The maximum atomic E-state index is 12.3. The molecule has 8 heteroatoms. The first-order chi connectivity index (χ1) is 11.9. The number of benzene rings is 1. The summed E-state index contributed by atoms with van der Waals surface area (Å²) in [4.78, 5) is 37.3. The zero-order valence-corrected chi connectivity index (χ0v) is 14.9. The van der Waals surface area contributed by atoms with Gasteiger partial charge in [0.15, 0.2) is 0 Å². The minimum Gasteiger partial charge on any atom is -0.478 e. The van der Waals surface area contributed by atoms with Crippen LogP contribution in [0.4, 0.5) is 5.69 Å². The molecule has 0 aliphatic carbocycles. The van der Waals surface area contributed by atoms with Crippen LogP contribution in [0.1, 0.15) is 10.4 Å². The number of carbonyl (C=O) groups excluding carboxylic acids is 2. The van der Waals surface area contributed by atoms with Gasteiger partial charge in [-0.3, -0.25) is 0 Å². The van der Waals surface area contributed by atoms with E-state index < -0.39 is 17.9 Å². The Kier molecular flexibility index (Phi) is 5.76. The Labute approximate surface area is 152 Å². The van der Waals surface area contributed by atoms with Crippen LogP contribution in [0.3, 0.4) is 0 Å². The van der Waals surface area contributed by atoms with Crippen LogP contribution < -0.4 is 4.90 Å².